The van der Waals surface area contributed by atoms with Gasteiger partial charge in [0.15, 0.2) is 12.0 Å². The van der Waals surface area contributed by atoms with E-state index < -0.39 is 11.7 Å². The Labute approximate surface area is 118 Å². The Bertz CT molecular complexity index is 659. The number of carbonyl (C=O) groups excluding carboxylic acids is 1. The third-order valence-corrected chi connectivity index (χ3v) is 2.84. The predicted molar refractivity (Wildman–Crippen MR) is 67.6 cm³/mol. The molecular formula is C14H11F3O4. The zero-order chi connectivity index (χ0) is 15.6. The Morgan fingerprint density at radius 3 is 2.24 bits per heavy atom. The van der Waals surface area contributed by atoms with Crippen LogP contribution in [0.1, 0.15) is 16.1 Å². The topological polar surface area (TPSA) is 48.7 Å². The molecule has 1 heterocycles. The summed E-state index contributed by atoms with van der Waals surface area (Å²) in [5.41, 5.74) is -0.872. The van der Waals surface area contributed by atoms with Crippen molar-refractivity contribution in [1.82, 2.24) is 0 Å². The first kappa shape index (κ1) is 15.0. The van der Waals surface area contributed by atoms with Crippen LogP contribution in [0.15, 0.2) is 28.7 Å². The first-order chi connectivity index (χ1) is 9.90. The van der Waals surface area contributed by atoms with Crippen molar-refractivity contribution in [2.45, 2.75) is 6.18 Å². The summed E-state index contributed by atoms with van der Waals surface area (Å²) in [5, 5.41) is 0. The zero-order valence-electron chi connectivity index (χ0n) is 11.2. The minimum atomic E-state index is -4.59. The number of carbonyl (C=O) groups is 1. The molecule has 0 N–H and O–H groups in total. The van der Waals surface area contributed by atoms with Gasteiger partial charge in [-0.05, 0) is 18.2 Å². The second kappa shape index (κ2) is 5.51. The van der Waals surface area contributed by atoms with Crippen molar-refractivity contribution in [3.8, 4) is 22.8 Å². The van der Waals surface area contributed by atoms with Crippen LogP contribution in [0, 0.1) is 0 Å². The Kier molecular flexibility index (Phi) is 3.93. The number of hydrogen-bond donors (Lipinski definition) is 0. The highest BCUT2D eigenvalue weighted by Gasteiger charge is 2.36. The van der Waals surface area contributed by atoms with Crippen LogP contribution in [0.2, 0.25) is 0 Å². The number of hydrogen-bond acceptors (Lipinski definition) is 4. The van der Waals surface area contributed by atoms with Crippen molar-refractivity contribution in [3.05, 3.63) is 35.6 Å². The molecule has 0 spiro atoms. The minimum absolute atomic E-state index is 0.0106. The smallest absolute Gasteiger partial charge is 0.419 e. The van der Waals surface area contributed by atoms with Gasteiger partial charge >= 0.3 is 6.18 Å². The van der Waals surface area contributed by atoms with Crippen molar-refractivity contribution in [2.75, 3.05) is 14.2 Å². The minimum Gasteiger partial charge on any atom is -0.496 e. The lowest BCUT2D eigenvalue weighted by atomic mass is 10.1. The fourth-order valence-electron chi connectivity index (χ4n) is 1.87. The van der Waals surface area contributed by atoms with Crippen molar-refractivity contribution >= 4 is 6.29 Å². The first-order valence-corrected chi connectivity index (χ1v) is 5.79. The summed E-state index contributed by atoms with van der Waals surface area (Å²) in [5.74, 6) is -0.101. The molecule has 0 bridgehead atoms. The predicted octanol–water partition coefficient (Wildman–Crippen LogP) is 3.80. The largest absolute Gasteiger partial charge is 0.496 e. The molecular weight excluding hydrogens is 289 g/mol. The van der Waals surface area contributed by atoms with Gasteiger partial charge in [-0.1, -0.05) is 0 Å². The first-order valence-electron chi connectivity index (χ1n) is 5.79. The van der Waals surface area contributed by atoms with Crippen LogP contribution in [0.25, 0.3) is 11.3 Å². The molecule has 0 amide bonds. The number of rotatable bonds is 4. The number of halogens is 3. The molecule has 0 atom stereocenters. The number of methoxy groups -OCH3 is 2. The summed E-state index contributed by atoms with van der Waals surface area (Å²) in [6.45, 7) is 0. The van der Waals surface area contributed by atoms with Crippen molar-refractivity contribution < 1.29 is 31.9 Å². The van der Waals surface area contributed by atoms with Crippen molar-refractivity contribution in [3.63, 3.8) is 0 Å². The van der Waals surface area contributed by atoms with Crippen molar-refractivity contribution in [2.24, 2.45) is 0 Å². The summed E-state index contributed by atoms with van der Waals surface area (Å²) in [6, 6.07) is 4.75. The Morgan fingerprint density at radius 2 is 1.76 bits per heavy atom. The quantitative estimate of drug-likeness (QED) is 0.806. The summed E-state index contributed by atoms with van der Waals surface area (Å²) < 4.78 is 54.0. The van der Waals surface area contributed by atoms with Gasteiger partial charge in [0.2, 0.25) is 0 Å². The summed E-state index contributed by atoms with van der Waals surface area (Å²) in [6.07, 6.45) is -4.13. The molecule has 0 saturated heterocycles. The number of benzene rings is 1. The van der Waals surface area contributed by atoms with E-state index in [1.807, 2.05) is 0 Å². The zero-order valence-corrected chi connectivity index (χ0v) is 11.2. The van der Waals surface area contributed by atoms with E-state index in [0.29, 0.717) is 6.29 Å². The van der Waals surface area contributed by atoms with Crippen LogP contribution in [-0.2, 0) is 6.18 Å². The van der Waals surface area contributed by atoms with E-state index in [2.05, 4.69) is 0 Å². The van der Waals surface area contributed by atoms with Gasteiger partial charge in [0.05, 0.1) is 25.3 Å². The lowest BCUT2D eigenvalue weighted by molar-refractivity contribution is -0.138. The number of alkyl halides is 3. The highest BCUT2D eigenvalue weighted by molar-refractivity contribution is 5.75. The molecule has 4 nitrogen and oxygen atoms in total. The average Bonchev–Trinajstić information content (AvgIpc) is 2.93. The summed E-state index contributed by atoms with van der Waals surface area (Å²) >= 11 is 0. The maximum absolute atomic E-state index is 13.0. The SMILES string of the molecule is COc1cc(OC)c(C(F)(F)F)cc1-c1ccc(C=O)o1. The molecule has 7 heteroatoms. The number of furan rings is 1. The van der Waals surface area contributed by atoms with E-state index in [0.717, 1.165) is 19.2 Å². The highest BCUT2D eigenvalue weighted by Crippen LogP contribution is 2.43. The second-order valence-corrected chi connectivity index (χ2v) is 4.07. The molecule has 2 rings (SSSR count). The molecule has 1 aromatic carbocycles. The second-order valence-electron chi connectivity index (χ2n) is 4.07. The molecule has 2 aromatic rings. The molecule has 0 aliphatic rings. The van der Waals surface area contributed by atoms with E-state index in [1.54, 1.807) is 0 Å². The summed E-state index contributed by atoms with van der Waals surface area (Å²) in [4.78, 5) is 10.6. The van der Waals surface area contributed by atoms with Gasteiger partial charge in [0.25, 0.3) is 0 Å². The molecule has 0 fully saturated rings. The van der Waals surface area contributed by atoms with Crippen LogP contribution >= 0.6 is 0 Å². The van der Waals surface area contributed by atoms with E-state index in [1.165, 1.54) is 19.2 Å². The lowest BCUT2D eigenvalue weighted by Gasteiger charge is -2.15. The van der Waals surface area contributed by atoms with E-state index in [9.17, 15) is 18.0 Å². The monoisotopic (exact) mass is 300 g/mol. The van der Waals surface area contributed by atoms with Crippen LogP contribution in [0.5, 0.6) is 11.5 Å². The van der Waals surface area contributed by atoms with Gasteiger partial charge in [-0.15, -0.1) is 0 Å². The average molecular weight is 300 g/mol. The van der Waals surface area contributed by atoms with Gasteiger partial charge < -0.3 is 13.9 Å². The standard InChI is InChI=1S/C14H11F3O4/c1-19-12-6-13(20-2)10(14(15,16)17)5-9(12)11-4-3-8(7-18)21-11/h3-7H,1-2H3. The molecule has 1 aromatic heterocycles. The Balaban J connectivity index is 2.66. The van der Waals surface area contributed by atoms with Gasteiger partial charge in [-0.3, -0.25) is 4.79 Å². The van der Waals surface area contributed by atoms with Crippen LogP contribution in [-0.4, -0.2) is 20.5 Å². The maximum Gasteiger partial charge on any atom is 0.419 e. The normalized spacial score (nSPS) is 11.3. The van der Waals surface area contributed by atoms with Crippen LogP contribution in [0.4, 0.5) is 13.2 Å². The molecule has 0 aliphatic carbocycles. The molecule has 0 saturated carbocycles. The van der Waals surface area contributed by atoms with Crippen molar-refractivity contribution in [1.29, 1.82) is 0 Å². The van der Waals surface area contributed by atoms with Gasteiger partial charge in [0, 0.05) is 6.07 Å². The molecule has 0 radical (unpaired) electrons. The fourth-order valence-corrected chi connectivity index (χ4v) is 1.87. The highest BCUT2D eigenvalue weighted by atomic mass is 19.4. The Morgan fingerprint density at radius 1 is 1.10 bits per heavy atom. The summed E-state index contributed by atoms with van der Waals surface area (Å²) in [7, 11) is 2.45. The van der Waals surface area contributed by atoms with E-state index in [-0.39, 0.29) is 28.6 Å². The third-order valence-electron chi connectivity index (χ3n) is 2.84. The maximum atomic E-state index is 13.0. The van der Waals surface area contributed by atoms with E-state index >= 15 is 0 Å². The van der Waals surface area contributed by atoms with Crippen LogP contribution in [0.3, 0.4) is 0 Å². The Hall–Kier alpha value is -2.44. The molecule has 0 unspecified atom stereocenters. The molecule has 21 heavy (non-hydrogen) atoms. The molecule has 112 valence electrons. The van der Waals surface area contributed by atoms with Gasteiger partial charge in [-0.2, -0.15) is 13.2 Å². The number of ether oxygens (including phenoxy) is 2. The molecule has 0 aliphatic heterocycles. The van der Waals surface area contributed by atoms with Gasteiger partial charge in [-0.25, -0.2) is 0 Å². The third kappa shape index (κ3) is 2.86. The fraction of sp³-hybridized carbons (Fsp3) is 0.214. The van der Waals surface area contributed by atoms with Gasteiger partial charge in [0.1, 0.15) is 17.3 Å². The lowest BCUT2D eigenvalue weighted by Crippen LogP contribution is -2.08. The van der Waals surface area contributed by atoms with E-state index in [4.69, 9.17) is 13.9 Å². The van der Waals surface area contributed by atoms with Crippen LogP contribution < -0.4 is 9.47 Å². The number of aldehydes is 1.